The molecule has 0 aliphatic carbocycles. The highest BCUT2D eigenvalue weighted by atomic mass is 16.1. The summed E-state index contributed by atoms with van der Waals surface area (Å²) < 4.78 is 0. The van der Waals surface area contributed by atoms with Gasteiger partial charge in [-0.2, -0.15) is 0 Å². The molecular formula is C14H20N2O. The van der Waals surface area contributed by atoms with Crippen LogP contribution in [-0.4, -0.2) is 30.9 Å². The molecule has 0 aromatic heterocycles. The maximum atomic E-state index is 11.7. The summed E-state index contributed by atoms with van der Waals surface area (Å²) in [7, 11) is 2.12. The molecule has 0 spiro atoms. The maximum absolute atomic E-state index is 11.7. The van der Waals surface area contributed by atoms with E-state index >= 15 is 0 Å². The Labute approximate surface area is 103 Å². The van der Waals surface area contributed by atoms with Gasteiger partial charge in [-0.1, -0.05) is 30.3 Å². The largest absolute Gasteiger partial charge is 0.369 e. The Hall–Kier alpha value is -1.35. The van der Waals surface area contributed by atoms with Gasteiger partial charge in [0.15, 0.2) is 0 Å². The number of carbonyl (C=O) groups is 1. The third-order valence-electron chi connectivity index (χ3n) is 3.70. The summed E-state index contributed by atoms with van der Waals surface area (Å²) >= 11 is 0. The minimum atomic E-state index is -0.189. The molecule has 1 atom stereocenters. The Kier molecular flexibility index (Phi) is 3.79. The molecule has 1 heterocycles. The lowest BCUT2D eigenvalue weighted by Gasteiger charge is -2.33. The average molecular weight is 232 g/mol. The van der Waals surface area contributed by atoms with E-state index in [1.165, 1.54) is 0 Å². The van der Waals surface area contributed by atoms with E-state index in [0.717, 1.165) is 31.5 Å². The number of likely N-dealkylation sites (tertiary alicyclic amines) is 1. The molecule has 17 heavy (non-hydrogen) atoms. The van der Waals surface area contributed by atoms with Gasteiger partial charge in [-0.05, 0) is 44.5 Å². The fourth-order valence-electron chi connectivity index (χ4n) is 2.69. The van der Waals surface area contributed by atoms with Crippen LogP contribution in [0.25, 0.3) is 0 Å². The van der Waals surface area contributed by atoms with E-state index in [9.17, 15) is 4.79 Å². The third kappa shape index (κ3) is 2.86. The van der Waals surface area contributed by atoms with Crippen molar-refractivity contribution in [1.82, 2.24) is 4.90 Å². The summed E-state index contributed by atoms with van der Waals surface area (Å²) in [4.78, 5) is 14.0. The van der Waals surface area contributed by atoms with Crippen LogP contribution in [0.1, 0.15) is 24.3 Å². The summed E-state index contributed by atoms with van der Waals surface area (Å²) in [5.41, 5.74) is 6.65. The fourth-order valence-corrected chi connectivity index (χ4v) is 2.69. The highest BCUT2D eigenvalue weighted by Crippen LogP contribution is 2.32. The Bertz CT molecular complexity index is 369. The Morgan fingerprint density at radius 3 is 2.41 bits per heavy atom. The van der Waals surface area contributed by atoms with Crippen LogP contribution in [0.3, 0.4) is 0 Å². The van der Waals surface area contributed by atoms with Crippen LogP contribution in [0.4, 0.5) is 0 Å². The quantitative estimate of drug-likeness (QED) is 0.860. The number of piperidine rings is 1. The molecule has 1 amide bonds. The number of amides is 1. The fraction of sp³-hybridized carbons (Fsp3) is 0.500. The van der Waals surface area contributed by atoms with Crippen LogP contribution in [0, 0.1) is 5.92 Å². The highest BCUT2D eigenvalue weighted by molar-refractivity contribution is 5.82. The van der Waals surface area contributed by atoms with Crippen LogP contribution in [0.5, 0.6) is 0 Å². The zero-order valence-electron chi connectivity index (χ0n) is 10.3. The van der Waals surface area contributed by atoms with Crippen molar-refractivity contribution in [3.05, 3.63) is 35.9 Å². The molecule has 2 rings (SSSR count). The molecular weight excluding hydrogens is 212 g/mol. The minimum Gasteiger partial charge on any atom is -0.369 e. The number of rotatable bonds is 3. The Balaban J connectivity index is 2.16. The maximum Gasteiger partial charge on any atom is 0.225 e. The Morgan fingerprint density at radius 1 is 1.29 bits per heavy atom. The van der Waals surface area contributed by atoms with E-state index in [2.05, 4.69) is 11.9 Å². The van der Waals surface area contributed by atoms with E-state index in [0.29, 0.717) is 5.92 Å². The summed E-state index contributed by atoms with van der Waals surface area (Å²) in [5, 5.41) is 0. The number of benzene rings is 1. The lowest BCUT2D eigenvalue weighted by molar-refractivity contribution is -0.121. The van der Waals surface area contributed by atoms with E-state index in [4.69, 9.17) is 5.73 Å². The molecule has 1 aliphatic heterocycles. The van der Waals surface area contributed by atoms with E-state index in [1.807, 2.05) is 30.3 Å². The number of carbonyl (C=O) groups excluding carboxylic acids is 1. The molecule has 0 bridgehead atoms. The van der Waals surface area contributed by atoms with Crippen LogP contribution >= 0.6 is 0 Å². The predicted molar refractivity (Wildman–Crippen MR) is 68.6 cm³/mol. The normalized spacial score (nSPS) is 20.1. The first-order valence-electron chi connectivity index (χ1n) is 6.21. The molecule has 1 aromatic carbocycles. The second kappa shape index (κ2) is 5.32. The minimum absolute atomic E-state index is 0.120. The molecule has 1 aromatic rings. The zero-order chi connectivity index (χ0) is 12.3. The van der Waals surface area contributed by atoms with Crippen molar-refractivity contribution in [3.63, 3.8) is 0 Å². The number of nitrogens with two attached hydrogens (primary N) is 1. The molecule has 0 saturated carbocycles. The first-order valence-corrected chi connectivity index (χ1v) is 6.21. The van der Waals surface area contributed by atoms with Gasteiger partial charge in [0.05, 0.1) is 5.92 Å². The van der Waals surface area contributed by atoms with Crippen molar-refractivity contribution in [1.29, 1.82) is 0 Å². The van der Waals surface area contributed by atoms with E-state index in [1.54, 1.807) is 0 Å². The van der Waals surface area contributed by atoms with Crippen molar-refractivity contribution < 1.29 is 4.79 Å². The molecule has 2 N–H and O–H groups in total. The summed E-state index contributed by atoms with van der Waals surface area (Å²) in [5.74, 6) is 0.0850. The van der Waals surface area contributed by atoms with Crippen molar-refractivity contribution in [2.24, 2.45) is 11.7 Å². The molecule has 0 unspecified atom stereocenters. The van der Waals surface area contributed by atoms with Crippen molar-refractivity contribution in [3.8, 4) is 0 Å². The second-order valence-electron chi connectivity index (χ2n) is 4.93. The van der Waals surface area contributed by atoms with Gasteiger partial charge < -0.3 is 10.6 Å². The Morgan fingerprint density at radius 2 is 1.88 bits per heavy atom. The van der Waals surface area contributed by atoms with Gasteiger partial charge in [-0.15, -0.1) is 0 Å². The van der Waals surface area contributed by atoms with Gasteiger partial charge in [0, 0.05) is 0 Å². The smallest absolute Gasteiger partial charge is 0.225 e. The highest BCUT2D eigenvalue weighted by Gasteiger charge is 2.30. The second-order valence-corrected chi connectivity index (χ2v) is 4.93. The molecule has 1 aliphatic rings. The van der Waals surface area contributed by atoms with Gasteiger partial charge >= 0.3 is 0 Å². The van der Waals surface area contributed by atoms with Gasteiger partial charge in [0.25, 0.3) is 0 Å². The molecule has 1 saturated heterocycles. The van der Waals surface area contributed by atoms with Gasteiger partial charge in [-0.3, -0.25) is 4.79 Å². The molecule has 3 heteroatoms. The van der Waals surface area contributed by atoms with Crippen molar-refractivity contribution in [2.75, 3.05) is 20.1 Å². The van der Waals surface area contributed by atoms with Crippen LogP contribution in [-0.2, 0) is 4.79 Å². The topological polar surface area (TPSA) is 46.3 Å². The molecule has 3 nitrogen and oxygen atoms in total. The number of primary amides is 1. The molecule has 92 valence electrons. The molecule has 1 fully saturated rings. The van der Waals surface area contributed by atoms with Crippen molar-refractivity contribution >= 4 is 5.91 Å². The van der Waals surface area contributed by atoms with E-state index < -0.39 is 0 Å². The summed E-state index contributed by atoms with van der Waals surface area (Å²) in [6.07, 6.45) is 2.11. The monoisotopic (exact) mass is 232 g/mol. The number of hydrogen-bond donors (Lipinski definition) is 1. The number of hydrogen-bond acceptors (Lipinski definition) is 2. The first kappa shape index (κ1) is 12.1. The van der Waals surface area contributed by atoms with Crippen LogP contribution < -0.4 is 5.73 Å². The predicted octanol–water partition coefficient (Wildman–Crippen LogP) is 1.60. The first-order chi connectivity index (χ1) is 8.18. The van der Waals surface area contributed by atoms with Gasteiger partial charge in [0.2, 0.25) is 5.91 Å². The van der Waals surface area contributed by atoms with Gasteiger partial charge in [0.1, 0.15) is 0 Å². The lowest BCUT2D eigenvalue weighted by atomic mass is 9.80. The zero-order valence-corrected chi connectivity index (χ0v) is 10.3. The van der Waals surface area contributed by atoms with Gasteiger partial charge in [-0.25, -0.2) is 0 Å². The lowest BCUT2D eigenvalue weighted by Crippen LogP contribution is -2.37. The standard InChI is InChI=1S/C14H20N2O/c1-16-9-7-12(8-10-16)13(14(15)17)11-5-3-2-4-6-11/h2-6,12-13H,7-10H2,1H3,(H2,15,17)/t13-/m0/s1. The van der Waals surface area contributed by atoms with Crippen molar-refractivity contribution in [2.45, 2.75) is 18.8 Å². The van der Waals surface area contributed by atoms with Crippen LogP contribution in [0.2, 0.25) is 0 Å². The summed E-state index contributed by atoms with van der Waals surface area (Å²) in [6.45, 7) is 2.11. The molecule has 0 radical (unpaired) electrons. The third-order valence-corrected chi connectivity index (χ3v) is 3.70. The van der Waals surface area contributed by atoms with E-state index in [-0.39, 0.29) is 11.8 Å². The number of nitrogens with zero attached hydrogens (tertiary/aromatic N) is 1. The summed E-state index contributed by atoms with van der Waals surface area (Å²) in [6, 6.07) is 9.93. The average Bonchev–Trinajstić information content (AvgIpc) is 2.33. The van der Waals surface area contributed by atoms with Crippen LogP contribution in [0.15, 0.2) is 30.3 Å². The SMILES string of the molecule is CN1CCC([C@@H](C(N)=O)c2ccccc2)CC1.